The monoisotopic (exact) mass is 182 g/mol. The van der Waals surface area contributed by atoms with Crippen molar-refractivity contribution in [2.45, 2.75) is 19.8 Å². The van der Waals surface area contributed by atoms with Crippen LogP contribution in [0.25, 0.3) is 0 Å². The summed E-state index contributed by atoms with van der Waals surface area (Å²) >= 11 is 0. The molecule has 1 fully saturated rings. The minimum Gasteiger partial charge on any atom is -0.316 e. The van der Waals surface area contributed by atoms with Crippen LogP contribution >= 0.6 is 0 Å². The molecule has 0 spiro atoms. The van der Waals surface area contributed by atoms with Crippen molar-refractivity contribution in [2.24, 2.45) is 5.41 Å². The van der Waals surface area contributed by atoms with Gasteiger partial charge in [0.2, 0.25) is 0 Å². The van der Waals surface area contributed by atoms with Crippen LogP contribution in [0.5, 0.6) is 0 Å². The molecule has 1 rings (SSSR count). The van der Waals surface area contributed by atoms with Gasteiger partial charge < -0.3 is 10.2 Å². The Kier molecular flexibility index (Phi) is 3.94. The second-order valence-corrected chi connectivity index (χ2v) is 4.27. The Morgan fingerprint density at radius 1 is 1.62 bits per heavy atom. The maximum atomic E-state index is 3.77. The third-order valence-electron chi connectivity index (χ3n) is 3.13. The zero-order valence-corrected chi connectivity index (χ0v) is 8.97. The smallest absolute Gasteiger partial charge is 0.0157 e. The van der Waals surface area contributed by atoms with Gasteiger partial charge in [0, 0.05) is 19.6 Å². The number of hydrogen-bond acceptors (Lipinski definition) is 2. The van der Waals surface area contributed by atoms with E-state index in [0.717, 1.165) is 6.54 Å². The molecule has 0 saturated carbocycles. The van der Waals surface area contributed by atoms with Crippen molar-refractivity contribution in [1.82, 2.24) is 10.2 Å². The summed E-state index contributed by atoms with van der Waals surface area (Å²) in [5.41, 5.74) is 0.526. The van der Waals surface area contributed by atoms with Crippen molar-refractivity contribution >= 4 is 0 Å². The molecule has 1 unspecified atom stereocenters. The van der Waals surface area contributed by atoms with Crippen LogP contribution < -0.4 is 5.32 Å². The van der Waals surface area contributed by atoms with Crippen molar-refractivity contribution in [3.8, 4) is 0 Å². The molecule has 2 nitrogen and oxygen atoms in total. The maximum Gasteiger partial charge on any atom is 0.0157 e. The van der Waals surface area contributed by atoms with Gasteiger partial charge in [0.1, 0.15) is 0 Å². The summed E-state index contributed by atoms with van der Waals surface area (Å²) in [4.78, 5) is 2.36. The van der Waals surface area contributed by atoms with Crippen LogP contribution in [0.2, 0.25) is 0 Å². The zero-order valence-electron chi connectivity index (χ0n) is 8.97. The predicted molar refractivity (Wildman–Crippen MR) is 57.9 cm³/mol. The van der Waals surface area contributed by atoms with Crippen molar-refractivity contribution < 1.29 is 0 Å². The van der Waals surface area contributed by atoms with Crippen molar-refractivity contribution in [3.63, 3.8) is 0 Å². The number of likely N-dealkylation sites (N-methyl/N-ethyl adjacent to an activating group) is 1. The molecule has 0 aromatic heterocycles. The molecule has 0 aromatic carbocycles. The van der Waals surface area contributed by atoms with Crippen molar-refractivity contribution in [2.75, 3.05) is 33.2 Å². The predicted octanol–water partition coefficient (Wildman–Crippen LogP) is 1.49. The van der Waals surface area contributed by atoms with E-state index in [-0.39, 0.29) is 0 Å². The maximum absolute atomic E-state index is 3.77. The molecular formula is C11H22N2. The fraction of sp³-hybridized carbons (Fsp3) is 0.818. The number of nitrogens with one attached hydrogen (secondary N) is 1. The summed E-state index contributed by atoms with van der Waals surface area (Å²) in [7, 11) is 2.18. The normalized spacial score (nSPS) is 28.2. The molecule has 1 aliphatic rings. The van der Waals surface area contributed by atoms with Crippen LogP contribution in [-0.4, -0.2) is 38.1 Å². The molecule has 0 radical (unpaired) electrons. The lowest BCUT2D eigenvalue weighted by atomic mass is 9.84. The minimum atomic E-state index is 0.526. The van der Waals surface area contributed by atoms with Crippen molar-refractivity contribution in [1.29, 1.82) is 0 Å². The van der Waals surface area contributed by atoms with Gasteiger partial charge in [0.25, 0.3) is 0 Å². The summed E-state index contributed by atoms with van der Waals surface area (Å²) in [5.74, 6) is 0. The van der Waals surface area contributed by atoms with Crippen LogP contribution in [0, 0.1) is 5.41 Å². The van der Waals surface area contributed by atoms with Gasteiger partial charge in [0.15, 0.2) is 0 Å². The second kappa shape index (κ2) is 4.77. The zero-order chi connectivity index (χ0) is 9.73. The summed E-state index contributed by atoms with van der Waals surface area (Å²) in [6, 6.07) is 0. The van der Waals surface area contributed by atoms with E-state index in [9.17, 15) is 0 Å². The van der Waals surface area contributed by atoms with Gasteiger partial charge in [-0.3, -0.25) is 0 Å². The molecule has 1 saturated heterocycles. The molecule has 0 amide bonds. The highest BCUT2D eigenvalue weighted by atomic mass is 15.1. The first-order valence-electron chi connectivity index (χ1n) is 5.22. The first-order valence-corrected chi connectivity index (χ1v) is 5.22. The standard InChI is InChI=1S/C11H22N2/c1-4-8-13(3)10-11(5-2)6-7-12-9-11/h4,12H,1,5-10H2,2-3H3. The van der Waals surface area contributed by atoms with E-state index in [1.165, 1.54) is 32.5 Å². The summed E-state index contributed by atoms with van der Waals surface area (Å²) in [5, 5.41) is 3.46. The Morgan fingerprint density at radius 3 is 2.85 bits per heavy atom. The summed E-state index contributed by atoms with van der Waals surface area (Å²) in [6.45, 7) is 10.6. The van der Waals surface area contributed by atoms with Gasteiger partial charge in [-0.25, -0.2) is 0 Å². The molecule has 0 aliphatic carbocycles. The lowest BCUT2D eigenvalue weighted by molar-refractivity contribution is 0.197. The lowest BCUT2D eigenvalue weighted by Crippen LogP contribution is -2.37. The van der Waals surface area contributed by atoms with E-state index < -0.39 is 0 Å². The van der Waals surface area contributed by atoms with Crippen LogP contribution in [0.1, 0.15) is 19.8 Å². The van der Waals surface area contributed by atoms with Gasteiger partial charge in [0.05, 0.1) is 0 Å². The molecule has 0 bridgehead atoms. The fourth-order valence-corrected chi connectivity index (χ4v) is 2.20. The van der Waals surface area contributed by atoms with E-state index in [0.29, 0.717) is 5.41 Å². The summed E-state index contributed by atoms with van der Waals surface area (Å²) < 4.78 is 0. The van der Waals surface area contributed by atoms with Gasteiger partial charge >= 0.3 is 0 Å². The quantitative estimate of drug-likeness (QED) is 0.648. The third kappa shape index (κ3) is 2.82. The topological polar surface area (TPSA) is 15.3 Å². The first kappa shape index (κ1) is 10.7. The second-order valence-electron chi connectivity index (χ2n) is 4.27. The van der Waals surface area contributed by atoms with Crippen LogP contribution in [0.15, 0.2) is 12.7 Å². The molecule has 0 aromatic rings. The Balaban J connectivity index is 2.42. The highest BCUT2D eigenvalue weighted by Gasteiger charge is 2.32. The van der Waals surface area contributed by atoms with Crippen molar-refractivity contribution in [3.05, 3.63) is 12.7 Å². The fourth-order valence-electron chi connectivity index (χ4n) is 2.20. The highest BCUT2D eigenvalue weighted by Crippen LogP contribution is 2.29. The molecule has 1 atom stereocenters. The van der Waals surface area contributed by atoms with Gasteiger partial charge in [-0.15, -0.1) is 6.58 Å². The highest BCUT2D eigenvalue weighted by molar-refractivity contribution is 4.89. The molecule has 76 valence electrons. The summed E-state index contributed by atoms with van der Waals surface area (Å²) in [6.07, 6.45) is 4.58. The number of hydrogen-bond donors (Lipinski definition) is 1. The lowest BCUT2D eigenvalue weighted by Gasteiger charge is -2.31. The Morgan fingerprint density at radius 2 is 2.38 bits per heavy atom. The molecular weight excluding hydrogens is 160 g/mol. The molecule has 1 aliphatic heterocycles. The van der Waals surface area contributed by atoms with E-state index in [4.69, 9.17) is 0 Å². The van der Waals surface area contributed by atoms with Crippen LogP contribution in [0.4, 0.5) is 0 Å². The minimum absolute atomic E-state index is 0.526. The van der Waals surface area contributed by atoms with Gasteiger partial charge in [-0.05, 0) is 31.8 Å². The largest absolute Gasteiger partial charge is 0.316 e. The average molecular weight is 182 g/mol. The Labute approximate surface area is 82.0 Å². The molecule has 13 heavy (non-hydrogen) atoms. The van der Waals surface area contributed by atoms with Gasteiger partial charge in [-0.2, -0.15) is 0 Å². The number of nitrogens with zero attached hydrogens (tertiary/aromatic N) is 1. The number of rotatable bonds is 5. The molecule has 1 heterocycles. The van der Waals surface area contributed by atoms with Crippen LogP contribution in [0.3, 0.4) is 0 Å². The van der Waals surface area contributed by atoms with Gasteiger partial charge in [-0.1, -0.05) is 13.0 Å². The Bertz CT molecular complexity index is 159. The Hall–Kier alpha value is -0.340. The van der Waals surface area contributed by atoms with Crippen LogP contribution in [-0.2, 0) is 0 Å². The SMILES string of the molecule is C=CCN(C)CC1(CC)CCNC1. The molecule has 2 heteroatoms. The first-order chi connectivity index (χ1) is 6.22. The average Bonchev–Trinajstić information content (AvgIpc) is 2.54. The molecule has 1 N–H and O–H groups in total. The van der Waals surface area contributed by atoms with E-state index in [2.05, 4.69) is 30.8 Å². The third-order valence-corrected chi connectivity index (χ3v) is 3.13. The van der Waals surface area contributed by atoms with E-state index >= 15 is 0 Å². The van der Waals surface area contributed by atoms with E-state index in [1.54, 1.807) is 0 Å². The van der Waals surface area contributed by atoms with E-state index in [1.807, 2.05) is 6.08 Å².